The SMILES string of the molecule is O=c1c(-c2ccc(C(F)(F)F)cc2)cc(Cl)nn1Cc1ccccc1. The van der Waals surface area contributed by atoms with Gasteiger partial charge in [-0.2, -0.15) is 18.3 Å². The number of nitrogens with zero attached hydrogens (tertiary/aromatic N) is 2. The number of hydrogen-bond donors (Lipinski definition) is 0. The third-order valence-electron chi connectivity index (χ3n) is 3.64. The van der Waals surface area contributed by atoms with Crippen molar-refractivity contribution in [1.29, 1.82) is 0 Å². The molecule has 3 rings (SSSR count). The molecule has 3 nitrogen and oxygen atoms in total. The number of alkyl halides is 3. The Morgan fingerprint density at radius 2 is 1.64 bits per heavy atom. The molecular weight excluding hydrogens is 353 g/mol. The molecule has 3 aromatic rings. The van der Waals surface area contributed by atoms with E-state index in [0.717, 1.165) is 17.7 Å². The lowest BCUT2D eigenvalue weighted by Crippen LogP contribution is -2.25. The predicted molar refractivity (Wildman–Crippen MR) is 89.5 cm³/mol. The van der Waals surface area contributed by atoms with Gasteiger partial charge in [0.1, 0.15) is 0 Å². The van der Waals surface area contributed by atoms with Crippen molar-refractivity contribution in [1.82, 2.24) is 9.78 Å². The van der Waals surface area contributed by atoms with Crippen molar-refractivity contribution in [2.45, 2.75) is 12.7 Å². The van der Waals surface area contributed by atoms with Gasteiger partial charge in [0.2, 0.25) is 0 Å². The fraction of sp³-hybridized carbons (Fsp3) is 0.111. The summed E-state index contributed by atoms with van der Waals surface area (Å²) < 4.78 is 39.2. The largest absolute Gasteiger partial charge is 0.416 e. The fourth-order valence-corrected chi connectivity index (χ4v) is 2.62. The van der Waals surface area contributed by atoms with Crippen LogP contribution < -0.4 is 5.56 Å². The van der Waals surface area contributed by atoms with Crippen molar-refractivity contribution in [3.8, 4) is 11.1 Å². The lowest BCUT2D eigenvalue weighted by molar-refractivity contribution is -0.137. The molecule has 0 aliphatic carbocycles. The Morgan fingerprint density at radius 3 is 2.24 bits per heavy atom. The molecule has 0 aliphatic heterocycles. The Morgan fingerprint density at radius 1 is 1.00 bits per heavy atom. The Balaban J connectivity index is 2.01. The van der Waals surface area contributed by atoms with E-state index in [9.17, 15) is 18.0 Å². The summed E-state index contributed by atoms with van der Waals surface area (Å²) in [5, 5.41) is 4.09. The van der Waals surface area contributed by atoms with Gasteiger partial charge in [-0.15, -0.1) is 0 Å². The van der Waals surface area contributed by atoms with Crippen molar-refractivity contribution in [3.05, 3.63) is 87.3 Å². The Kier molecular flexibility index (Phi) is 4.63. The quantitative estimate of drug-likeness (QED) is 0.679. The van der Waals surface area contributed by atoms with E-state index in [1.54, 1.807) is 0 Å². The first kappa shape index (κ1) is 17.2. The number of hydrogen-bond acceptors (Lipinski definition) is 2. The first-order chi connectivity index (χ1) is 11.8. The fourth-order valence-electron chi connectivity index (χ4n) is 2.42. The molecule has 0 radical (unpaired) electrons. The van der Waals surface area contributed by atoms with Gasteiger partial charge in [-0.05, 0) is 29.3 Å². The smallest absolute Gasteiger partial charge is 0.267 e. The van der Waals surface area contributed by atoms with Crippen LogP contribution in [0.5, 0.6) is 0 Å². The van der Waals surface area contributed by atoms with Crippen LogP contribution >= 0.6 is 11.6 Å². The maximum Gasteiger partial charge on any atom is 0.416 e. The molecule has 0 amide bonds. The molecule has 7 heteroatoms. The monoisotopic (exact) mass is 364 g/mol. The first-order valence-corrected chi connectivity index (χ1v) is 7.71. The normalized spacial score (nSPS) is 11.5. The lowest BCUT2D eigenvalue weighted by Gasteiger charge is -2.10. The molecule has 0 atom stereocenters. The molecule has 25 heavy (non-hydrogen) atoms. The third-order valence-corrected chi connectivity index (χ3v) is 3.83. The summed E-state index contributed by atoms with van der Waals surface area (Å²) in [5.74, 6) is 0. The summed E-state index contributed by atoms with van der Waals surface area (Å²) in [6, 6.07) is 14.9. The van der Waals surface area contributed by atoms with Gasteiger partial charge in [-0.3, -0.25) is 4.79 Å². The van der Waals surface area contributed by atoms with Crippen molar-refractivity contribution in [3.63, 3.8) is 0 Å². The van der Waals surface area contributed by atoms with Crippen LogP contribution in [0.2, 0.25) is 5.15 Å². The molecule has 128 valence electrons. The maximum atomic E-state index is 12.7. The van der Waals surface area contributed by atoms with Gasteiger partial charge < -0.3 is 0 Å². The van der Waals surface area contributed by atoms with Crippen molar-refractivity contribution < 1.29 is 13.2 Å². The van der Waals surface area contributed by atoms with E-state index in [1.165, 1.54) is 22.9 Å². The predicted octanol–water partition coefficient (Wildman–Crippen LogP) is 4.63. The van der Waals surface area contributed by atoms with Gasteiger partial charge >= 0.3 is 6.18 Å². The zero-order chi connectivity index (χ0) is 18.0. The Labute approximate surface area is 146 Å². The van der Waals surface area contributed by atoms with E-state index in [4.69, 9.17) is 11.6 Å². The van der Waals surface area contributed by atoms with Gasteiger partial charge in [0.25, 0.3) is 5.56 Å². The molecule has 0 saturated heterocycles. The van der Waals surface area contributed by atoms with E-state index in [0.29, 0.717) is 5.56 Å². The van der Waals surface area contributed by atoms with Gasteiger partial charge in [-0.25, -0.2) is 4.68 Å². The summed E-state index contributed by atoms with van der Waals surface area (Å²) in [6.07, 6.45) is -4.43. The highest BCUT2D eigenvalue weighted by molar-refractivity contribution is 6.29. The van der Waals surface area contributed by atoms with Crippen LogP contribution in [0.15, 0.2) is 65.5 Å². The Hall–Kier alpha value is -2.60. The second-order valence-corrected chi connectivity index (χ2v) is 5.79. The standard InChI is InChI=1S/C18H12ClF3N2O/c19-16-10-15(13-6-8-14(9-7-13)18(20,21)22)17(25)24(23-16)11-12-4-2-1-3-5-12/h1-10H,11H2. The minimum absolute atomic E-state index is 0.0884. The first-order valence-electron chi connectivity index (χ1n) is 7.34. The maximum absolute atomic E-state index is 12.7. The highest BCUT2D eigenvalue weighted by atomic mass is 35.5. The van der Waals surface area contributed by atoms with Gasteiger partial charge in [0.15, 0.2) is 5.15 Å². The second-order valence-electron chi connectivity index (χ2n) is 5.40. The molecule has 0 fully saturated rings. The zero-order valence-electron chi connectivity index (χ0n) is 12.8. The topological polar surface area (TPSA) is 34.9 Å². The van der Waals surface area contributed by atoms with Crippen molar-refractivity contribution in [2.75, 3.05) is 0 Å². The summed E-state index contributed by atoms with van der Waals surface area (Å²) in [4.78, 5) is 12.6. The van der Waals surface area contributed by atoms with Crippen LogP contribution in [0.1, 0.15) is 11.1 Å². The van der Waals surface area contributed by atoms with E-state index >= 15 is 0 Å². The molecule has 0 unspecified atom stereocenters. The third kappa shape index (κ3) is 3.91. The summed E-state index contributed by atoms with van der Waals surface area (Å²) in [5.41, 5.74) is 0.209. The average Bonchev–Trinajstić information content (AvgIpc) is 2.58. The van der Waals surface area contributed by atoms with E-state index in [1.807, 2.05) is 30.3 Å². The summed E-state index contributed by atoms with van der Waals surface area (Å²) in [7, 11) is 0. The minimum Gasteiger partial charge on any atom is -0.267 e. The van der Waals surface area contributed by atoms with Gasteiger partial charge in [0, 0.05) is 0 Å². The molecule has 0 spiro atoms. The number of benzene rings is 2. The zero-order valence-corrected chi connectivity index (χ0v) is 13.6. The highest BCUT2D eigenvalue weighted by Crippen LogP contribution is 2.30. The number of rotatable bonds is 3. The molecular formula is C18H12ClF3N2O. The van der Waals surface area contributed by atoms with Crippen molar-refractivity contribution in [2.24, 2.45) is 0 Å². The van der Waals surface area contributed by atoms with Gasteiger partial charge in [0.05, 0.1) is 17.7 Å². The molecule has 2 aromatic carbocycles. The van der Waals surface area contributed by atoms with Gasteiger partial charge in [-0.1, -0.05) is 54.1 Å². The molecule has 0 aliphatic rings. The van der Waals surface area contributed by atoms with Crippen LogP contribution in [-0.4, -0.2) is 9.78 Å². The molecule has 0 N–H and O–H groups in total. The average molecular weight is 365 g/mol. The lowest BCUT2D eigenvalue weighted by atomic mass is 10.1. The van der Waals surface area contributed by atoms with Crippen LogP contribution in [-0.2, 0) is 12.7 Å². The number of halogens is 4. The minimum atomic E-state index is -4.43. The Bertz CT molecular complexity index is 935. The van der Waals surface area contributed by atoms with E-state index in [2.05, 4.69) is 5.10 Å². The molecule has 1 aromatic heterocycles. The van der Waals surface area contributed by atoms with E-state index in [-0.39, 0.29) is 17.3 Å². The van der Waals surface area contributed by atoms with Crippen LogP contribution in [0.4, 0.5) is 13.2 Å². The number of aromatic nitrogens is 2. The summed E-state index contributed by atoms with van der Waals surface area (Å²) >= 11 is 5.99. The van der Waals surface area contributed by atoms with E-state index < -0.39 is 17.3 Å². The second kappa shape index (κ2) is 6.72. The van der Waals surface area contributed by atoms with Crippen LogP contribution in [0.3, 0.4) is 0 Å². The van der Waals surface area contributed by atoms with Crippen LogP contribution in [0, 0.1) is 0 Å². The highest BCUT2D eigenvalue weighted by Gasteiger charge is 2.30. The summed E-state index contributed by atoms with van der Waals surface area (Å²) in [6.45, 7) is 0.216. The molecule has 1 heterocycles. The molecule has 0 bridgehead atoms. The van der Waals surface area contributed by atoms with Crippen LogP contribution in [0.25, 0.3) is 11.1 Å². The molecule has 0 saturated carbocycles. The van der Waals surface area contributed by atoms with Crippen molar-refractivity contribution >= 4 is 11.6 Å².